The van der Waals surface area contributed by atoms with Crippen molar-refractivity contribution in [3.63, 3.8) is 0 Å². The summed E-state index contributed by atoms with van der Waals surface area (Å²) in [5.41, 5.74) is 5.90. The SMILES string of the molecule is CCCSc1nc(NC(=O)OC(C)(C)C)c(N)c(NC2CCC(OCCO)C2)n1. The zero-order valence-corrected chi connectivity index (χ0v) is 18.5. The quantitative estimate of drug-likeness (QED) is 0.346. The number of rotatable bonds is 9. The van der Waals surface area contributed by atoms with Crippen LogP contribution in [0.2, 0.25) is 0 Å². The molecule has 10 heteroatoms. The molecule has 1 heterocycles. The largest absolute Gasteiger partial charge is 0.444 e. The summed E-state index contributed by atoms with van der Waals surface area (Å²) in [5.74, 6) is 1.59. The standard InChI is InChI=1S/C19H33N5O4S/c1-5-10-29-17-22-15(21-12-6-7-13(11-12)27-9-8-25)14(20)16(23-17)24-18(26)28-19(2,3)4/h12-13,25H,5-11,20H2,1-4H3,(H2,21,22,23,24,26). The Morgan fingerprint density at radius 2 is 2.03 bits per heavy atom. The molecule has 0 spiro atoms. The summed E-state index contributed by atoms with van der Waals surface area (Å²) in [7, 11) is 0. The molecule has 29 heavy (non-hydrogen) atoms. The molecule has 1 aliphatic carbocycles. The van der Waals surface area contributed by atoms with Gasteiger partial charge in [0.2, 0.25) is 0 Å². The maximum atomic E-state index is 12.2. The minimum atomic E-state index is -0.625. The lowest BCUT2D eigenvalue weighted by molar-refractivity contribution is 0.0326. The van der Waals surface area contributed by atoms with Gasteiger partial charge in [0.25, 0.3) is 0 Å². The summed E-state index contributed by atoms with van der Waals surface area (Å²) >= 11 is 1.50. The van der Waals surface area contributed by atoms with Crippen LogP contribution in [-0.4, -0.2) is 57.9 Å². The van der Waals surface area contributed by atoms with Gasteiger partial charge in [0.15, 0.2) is 16.8 Å². The van der Waals surface area contributed by atoms with Crippen molar-refractivity contribution in [2.45, 2.75) is 76.3 Å². The number of thioether (sulfide) groups is 1. The van der Waals surface area contributed by atoms with Crippen LogP contribution in [0.1, 0.15) is 53.4 Å². The van der Waals surface area contributed by atoms with E-state index in [1.165, 1.54) is 11.8 Å². The number of nitrogens with two attached hydrogens (primary N) is 1. The molecule has 5 N–H and O–H groups in total. The monoisotopic (exact) mass is 427 g/mol. The first kappa shape index (κ1) is 23.5. The van der Waals surface area contributed by atoms with E-state index >= 15 is 0 Å². The van der Waals surface area contributed by atoms with Crippen molar-refractivity contribution in [2.75, 3.05) is 35.3 Å². The highest BCUT2D eigenvalue weighted by Crippen LogP contribution is 2.32. The third kappa shape index (κ3) is 7.87. The topological polar surface area (TPSA) is 132 Å². The van der Waals surface area contributed by atoms with Crippen LogP contribution in [0.4, 0.5) is 22.1 Å². The second-order valence-electron chi connectivity index (χ2n) is 7.96. The number of aromatic nitrogens is 2. The van der Waals surface area contributed by atoms with E-state index < -0.39 is 11.7 Å². The predicted octanol–water partition coefficient (Wildman–Crippen LogP) is 3.25. The minimum Gasteiger partial charge on any atom is -0.444 e. The Hall–Kier alpha value is -1.78. The lowest BCUT2D eigenvalue weighted by Gasteiger charge is -2.21. The molecule has 1 saturated carbocycles. The average Bonchev–Trinajstić information content (AvgIpc) is 3.07. The van der Waals surface area contributed by atoms with Gasteiger partial charge in [0.1, 0.15) is 11.3 Å². The molecule has 1 aliphatic rings. The maximum absolute atomic E-state index is 12.2. The number of carbonyl (C=O) groups is 1. The Bertz CT molecular complexity index is 683. The summed E-state index contributed by atoms with van der Waals surface area (Å²) in [6.07, 6.45) is 3.09. The number of nitrogens with zero attached hydrogens (tertiary/aromatic N) is 2. The number of aliphatic hydroxyl groups is 1. The highest BCUT2D eigenvalue weighted by atomic mass is 32.2. The first-order valence-corrected chi connectivity index (χ1v) is 11.0. The van der Waals surface area contributed by atoms with Crippen LogP contribution in [-0.2, 0) is 9.47 Å². The molecule has 0 aliphatic heterocycles. The summed E-state index contributed by atoms with van der Waals surface area (Å²) < 4.78 is 10.9. The Balaban J connectivity index is 2.14. The van der Waals surface area contributed by atoms with Crippen molar-refractivity contribution in [2.24, 2.45) is 0 Å². The van der Waals surface area contributed by atoms with Gasteiger partial charge in [-0.3, -0.25) is 5.32 Å². The van der Waals surface area contributed by atoms with Crippen LogP contribution < -0.4 is 16.4 Å². The first-order chi connectivity index (χ1) is 13.7. The number of nitrogens with one attached hydrogen (secondary N) is 2. The van der Waals surface area contributed by atoms with Gasteiger partial charge in [0.05, 0.1) is 19.3 Å². The summed E-state index contributed by atoms with van der Waals surface area (Å²) in [6.45, 7) is 7.82. The second-order valence-corrected chi connectivity index (χ2v) is 9.03. The Morgan fingerprint density at radius 1 is 1.31 bits per heavy atom. The average molecular weight is 428 g/mol. The van der Waals surface area contributed by atoms with Crippen LogP contribution in [0.3, 0.4) is 0 Å². The van der Waals surface area contributed by atoms with E-state index in [4.69, 9.17) is 20.3 Å². The molecule has 9 nitrogen and oxygen atoms in total. The van der Waals surface area contributed by atoms with E-state index in [0.29, 0.717) is 17.6 Å². The van der Waals surface area contributed by atoms with Crippen LogP contribution in [0.5, 0.6) is 0 Å². The highest BCUT2D eigenvalue weighted by molar-refractivity contribution is 7.99. The van der Waals surface area contributed by atoms with E-state index in [9.17, 15) is 4.79 Å². The smallest absolute Gasteiger partial charge is 0.413 e. The fourth-order valence-corrected chi connectivity index (χ4v) is 3.65. The molecule has 0 bridgehead atoms. The number of ether oxygens (including phenoxy) is 2. The highest BCUT2D eigenvalue weighted by Gasteiger charge is 2.27. The molecule has 2 unspecified atom stereocenters. The summed E-state index contributed by atoms with van der Waals surface area (Å²) in [4.78, 5) is 21.1. The summed E-state index contributed by atoms with van der Waals surface area (Å²) in [5, 5.41) is 15.5. The molecule has 1 fully saturated rings. The van der Waals surface area contributed by atoms with Gasteiger partial charge in [-0.25, -0.2) is 14.8 Å². The van der Waals surface area contributed by atoms with Gasteiger partial charge in [-0.2, -0.15) is 0 Å². The number of hydrogen-bond acceptors (Lipinski definition) is 9. The zero-order valence-electron chi connectivity index (χ0n) is 17.7. The van der Waals surface area contributed by atoms with Crippen molar-refractivity contribution in [3.05, 3.63) is 0 Å². The molecule has 1 aromatic heterocycles. The van der Waals surface area contributed by atoms with Crippen molar-refractivity contribution >= 4 is 35.2 Å². The number of amides is 1. The van der Waals surface area contributed by atoms with E-state index in [2.05, 4.69) is 27.5 Å². The molecule has 0 saturated heterocycles. The van der Waals surface area contributed by atoms with Crippen molar-refractivity contribution in [3.8, 4) is 0 Å². The lowest BCUT2D eigenvalue weighted by Crippen LogP contribution is -2.28. The van der Waals surface area contributed by atoms with Crippen molar-refractivity contribution in [1.82, 2.24) is 9.97 Å². The Labute approximate surface area is 176 Å². The molecule has 0 aromatic carbocycles. The number of hydrogen-bond donors (Lipinski definition) is 4. The van der Waals surface area contributed by atoms with Gasteiger partial charge < -0.3 is 25.6 Å². The minimum absolute atomic E-state index is 0.0190. The first-order valence-electron chi connectivity index (χ1n) is 10.0. The van der Waals surface area contributed by atoms with Crippen LogP contribution in [0.25, 0.3) is 0 Å². The fourth-order valence-electron chi connectivity index (χ4n) is 2.95. The van der Waals surface area contributed by atoms with E-state index in [1.54, 1.807) is 20.8 Å². The van der Waals surface area contributed by atoms with Crippen molar-refractivity contribution in [1.29, 1.82) is 0 Å². The van der Waals surface area contributed by atoms with Gasteiger partial charge in [-0.05, 0) is 46.5 Å². The van der Waals surface area contributed by atoms with E-state index in [1.807, 2.05) is 0 Å². The third-order valence-electron chi connectivity index (χ3n) is 4.15. The lowest BCUT2D eigenvalue weighted by atomic mass is 10.2. The predicted molar refractivity (Wildman–Crippen MR) is 115 cm³/mol. The molecule has 0 radical (unpaired) electrons. The van der Waals surface area contributed by atoms with E-state index in [0.717, 1.165) is 31.4 Å². The number of carbonyl (C=O) groups excluding carboxylic acids is 1. The van der Waals surface area contributed by atoms with Crippen LogP contribution in [0, 0.1) is 0 Å². The van der Waals surface area contributed by atoms with Gasteiger partial charge in [-0.15, -0.1) is 0 Å². The van der Waals surface area contributed by atoms with Gasteiger partial charge >= 0.3 is 6.09 Å². The Morgan fingerprint density at radius 3 is 2.69 bits per heavy atom. The summed E-state index contributed by atoms with van der Waals surface area (Å²) in [6, 6.07) is 0.147. The fraction of sp³-hybridized carbons (Fsp3) is 0.737. The van der Waals surface area contributed by atoms with Crippen LogP contribution in [0.15, 0.2) is 5.16 Å². The van der Waals surface area contributed by atoms with Gasteiger partial charge in [-0.1, -0.05) is 18.7 Å². The van der Waals surface area contributed by atoms with Crippen LogP contribution >= 0.6 is 11.8 Å². The maximum Gasteiger partial charge on any atom is 0.413 e. The Kier molecular flexibility index (Phi) is 8.79. The molecular weight excluding hydrogens is 394 g/mol. The molecular formula is C19H33N5O4S. The molecule has 2 rings (SSSR count). The third-order valence-corrected chi connectivity index (χ3v) is 5.20. The van der Waals surface area contributed by atoms with Crippen molar-refractivity contribution < 1.29 is 19.4 Å². The number of anilines is 3. The number of nitrogen functional groups attached to an aromatic ring is 1. The van der Waals surface area contributed by atoms with Gasteiger partial charge in [0, 0.05) is 11.8 Å². The molecule has 1 amide bonds. The number of aliphatic hydroxyl groups excluding tert-OH is 1. The zero-order chi connectivity index (χ0) is 21.4. The van der Waals surface area contributed by atoms with E-state index in [-0.39, 0.29) is 30.3 Å². The molecule has 1 aromatic rings. The molecule has 164 valence electrons. The normalized spacial score (nSPS) is 19.2. The second kappa shape index (κ2) is 10.8. The molecule has 2 atom stereocenters.